The molecule has 0 fully saturated rings. The van der Waals surface area contributed by atoms with Crippen molar-refractivity contribution in [2.24, 2.45) is 0 Å². The lowest BCUT2D eigenvalue weighted by Crippen LogP contribution is -2.12. The van der Waals surface area contributed by atoms with Crippen molar-refractivity contribution in [3.8, 4) is 28.5 Å². The monoisotopic (exact) mass is 452 g/mol. The van der Waals surface area contributed by atoms with Gasteiger partial charge in [0.2, 0.25) is 5.88 Å². The van der Waals surface area contributed by atoms with Crippen LogP contribution in [0.15, 0.2) is 65.1 Å². The molecule has 0 bridgehead atoms. The van der Waals surface area contributed by atoms with Gasteiger partial charge in [-0.05, 0) is 19.4 Å². The van der Waals surface area contributed by atoms with Crippen molar-refractivity contribution < 1.29 is 18.7 Å². The van der Waals surface area contributed by atoms with Gasteiger partial charge in [-0.25, -0.2) is 4.79 Å². The molecule has 34 heavy (non-hydrogen) atoms. The van der Waals surface area contributed by atoms with E-state index in [-0.39, 0.29) is 39.9 Å². The lowest BCUT2D eigenvalue weighted by Gasteiger charge is -2.16. The van der Waals surface area contributed by atoms with Crippen LogP contribution in [-0.2, 0) is 4.74 Å². The van der Waals surface area contributed by atoms with Crippen LogP contribution in [0.3, 0.4) is 0 Å². The molecule has 2 aromatic heterocycles. The van der Waals surface area contributed by atoms with Gasteiger partial charge in [0.05, 0.1) is 12.7 Å². The first-order chi connectivity index (χ1) is 16.5. The van der Waals surface area contributed by atoms with Crippen molar-refractivity contribution in [2.45, 2.75) is 13.8 Å². The van der Waals surface area contributed by atoms with E-state index in [1.54, 1.807) is 6.92 Å². The molecule has 4 aromatic rings. The molecule has 2 aromatic carbocycles. The van der Waals surface area contributed by atoms with E-state index >= 15 is 0 Å². The Kier molecular flexibility index (Phi) is 6.19. The number of ether oxygens (including phenoxy) is 1. The average molecular weight is 452 g/mol. The molecule has 1 N–H and O–H groups in total. The van der Waals surface area contributed by atoms with Crippen molar-refractivity contribution in [1.29, 1.82) is 5.26 Å². The molecule has 4 rings (SSSR count). The summed E-state index contributed by atoms with van der Waals surface area (Å²) in [7, 11) is 1.27. The number of anilines is 2. The zero-order chi connectivity index (χ0) is 24.2. The highest BCUT2D eigenvalue weighted by atomic mass is 16.5. The van der Waals surface area contributed by atoms with E-state index < -0.39 is 5.97 Å². The molecule has 0 aliphatic rings. The van der Waals surface area contributed by atoms with E-state index in [4.69, 9.17) is 9.15 Å². The van der Waals surface area contributed by atoms with Gasteiger partial charge in [-0.1, -0.05) is 60.7 Å². The number of nitrogens with one attached hydrogen (secondary N) is 1. The lowest BCUT2D eigenvalue weighted by atomic mass is 9.95. The van der Waals surface area contributed by atoms with Crippen LogP contribution in [0.1, 0.15) is 39.0 Å². The maximum absolute atomic E-state index is 13.1. The number of aryl methyl sites for hydroxylation is 1. The van der Waals surface area contributed by atoms with Crippen LogP contribution in [0.5, 0.6) is 0 Å². The number of Topliss-reactive ketones (excluding diaryl/α,β-unsaturated/α-hetero) is 1. The Morgan fingerprint density at radius 2 is 1.59 bits per heavy atom. The van der Waals surface area contributed by atoms with Gasteiger partial charge in [0.1, 0.15) is 28.7 Å². The largest absolute Gasteiger partial charge is 0.465 e. The molecule has 0 saturated carbocycles. The molecule has 0 atom stereocenters. The number of furan rings is 1. The summed E-state index contributed by atoms with van der Waals surface area (Å²) >= 11 is 0. The van der Waals surface area contributed by atoms with Crippen LogP contribution in [-0.4, -0.2) is 29.1 Å². The zero-order valence-corrected chi connectivity index (χ0v) is 18.7. The van der Waals surface area contributed by atoms with Crippen LogP contribution >= 0.6 is 0 Å². The summed E-state index contributed by atoms with van der Waals surface area (Å²) in [5.74, 6) is -0.651. The molecule has 0 aliphatic carbocycles. The average Bonchev–Trinajstić information content (AvgIpc) is 3.19. The minimum atomic E-state index is -0.651. The normalized spacial score (nSPS) is 10.4. The first-order valence-electron chi connectivity index (χ1n) is 10.4. The smallest absolute Gasteiger partial charge is 0.342 e. The summed E-state index contributed by atoms with van der Waals surface area (Å²) in [5.41, 5.74) is 2.78. The highest BCUT2D eigenvalue weighted by Gasteiger charge is 2.28. The third-order valence-corrected chi connectivity index (χ3v) is 5.25. The number of rotatable bonds is 6. The summed E-state index contributed by atoms with van der Waals surface area (Å²) < 4.78 is 10.8. The predicted octanol–water partition coefficient (Wildman–Crippen LogP) is 5.32. The molecular formula is C26H20N4O4. The number of hydrogen-bond acceptors (Lipinski definition) is 8. The second-order valence-electron chi connectivity index (χ2n) is 7.40. The molecule has 8 heteroatoms. The summed E-state index contributed by atoms with van der Waals surface area (Å²) in [6.45, 7) is 2.94. The van der Waals surface area contributed by atoms with E-state index in [1.165, 1.54) is 14.0 Å². The van der Waals surface area contributed by atoms with Crippen molar-refractivity contribution in [1.82, 2.24) is 10.2 Å². The molecule has 0 spiro atoms. The number of ketones is 1. The SMILES string of the molecule is COC(=O)c1c(Nc2oc(C)c(C(C)=O)c2C#N)nnc(-c2ccccc2)c1-c1ccccc1. The molecule has 0 amide bonds. The van der Waals surface area contributed by atoms with Crippen LogP contribution in [0.25, 0.3) is 22.4 Å². The van der Waals surface area contributed by atoms with Gasteiger partial charge in [-0.15, -0.1) is 10.2 Å². The number of benzene rings is 2. The molecule has 0 unspecified atom stereocenters. The number of nitriles is 1. The Labute approximate surface area is 195 Å². The van der Waals surface area contributed by atoms with Gasteiger partial charge >= 0.3 is 5.97 Å². The Bertz CT molecular complexity index is 1420. The van der Waals surface area contributed by atoms with Gasteiger partial charge in [0, 0.05) is 11.1 Å². The Hall–Kier alpha value is -4.77. The molecular weight excluding hydrogens is 432 g/mol. The molecule has 0 saturated heterocycles. The third kappa shape index (κ3) is 4.02. The van der Waals surface area contributed by atoms with Crippen LogP contribution < -0.4 is 5.32 Å². The number of carbonyl (C=O) groups is 2. The maximum atomic E-state index is 13.1. The Morgan fingerprint density at radius 3 is 2.15 bits per heavy atom. The molecule has 0 radical (unpaired) electrons. The summed E-state index contributed by atoms with van der Waals surface area (Å²) in [5, 5.41) is 21.2. The minimum absolute atomic E-state index is 0.00359. The van der Waals surface area contributed by atoms with E-state index in [9.17, 15) is 14.9 Å². The number of esters is 1. The third-order valence-electron chi connectivity index (χ3n) is 5.25. The van der Waals surface area contributed by atoms with E-state index in [2.05, 4.69) is 15.5 Å². The number of hydrogen-bond donors (Lipinski definition) is 1. The second-order valence-corrected chi connectivity index (χ2v) is 7.40. The number of methoxy groups -OCH3 is 1. The molecule has 2 heterocycles. The predicted molar refractivity (Wildman–Crippen MR) is 126 cm³/mol. The summed E-state index contributed by atoms with van der Waals surface area (Å²) in [6, 6.07) is 20.6. The first-order valence-corrected chi connectivity index (χ1v) is 10.4. The van der Waals surface area contributed by atoms with Gasteiger partial charge in [-0.3, -0.25) is 4.79 Å². The van der Waals surface area contributed by atoms with E-state index in [0.29, 0.717) is 11.3 Å². The van der Waals surface area contributed by atoms with Crippen molar-refractivity contribution in [2.75, 3.05) is 12.4 Å². The van der Waals surface area contributed by atoms with Crippen LogP contribution in [0.2, 0.25) is 0 Å². The summed E-state index contributed by atoms with van der Waals surface area (Å²) in [6.07, 6.45) is 0. The van der Waals surface area contributed by atoms with Gasteiger partial charge < -0.3 is 14.5 Å². The minimum Gasteiger partial charge on any atom is -0.465 e. The lowest BCUT2D eigenvalue weighted by molar-refractivity contribution is 0.0602. The number of aromatic nitrogens is 2. The Morgan fingerprint density at radius 1 is 0.971 bits per heavy atom. The highest BCUT2D eigenvalue weighted by molar-refractivity contribution is 6.06. The first kappa shape index (κ1) is 22.4. The topological polar surface area (TPSA) is 118 Å². The molecule has 8 nitrogen and oxygen atoms in total. The Balaban J connectivity index is 1.99. The zero-order valence-electron chi connectivity index (χ0n) is 18.7. The van der Waals surface area contributed by atoms with Gasteiger partial charge in [0.25, 0.3) is 0 Å². The van der Waals surface area contributed by atoms with Crippen molar-refractivity contribution >= 4 is 23.5 Å². The van der Waals surface area contributed by atoms with Gasteiger partial charge in [0.15, 0.2) is 11.6 Å². The number of nitrogens with zero attached hydrogens (tertiary/aromatic N) is 3. The van der Waals surface area contributed by atoms with Crippen molar-refractivity contribution in [3.63, 3.8) is 0 Å². The van der Waals surface area contributed by atoms with E-state index in [1.807, 2.05) is 66.7 Å². The molecule has 168 valence electrons. The number of carbonyl (C=O) groups excluding carboxylic acids is 2. The fourth-order valence-electron chi connectivity index (χ4n) is 3.78. The summed E-state index contributed by atoms with van der Waals surface area (Å²) in [4.78, 5) is 25.1. The van der Waals surface area contributed by atoms with E-state index in [0.717, 1.165) is 11.1 Å². The quantitative estimate of drug-likeness (QED) is 0.309. The fraction of sp³-hybridized carbons (Fsp3) is 0.115. The fourth-order valence-corrected chi connectivity index (χ4v) is 3.78. The van der Waals surface area contributed by atoms with Crippen LogP contribution in [0.4, 0.5) is 11.7 Å². The maximum Gasteiger partial charge on any atom is 0.342 e. The van der Waals surface area contributed by atoms with Crippen molar-refractivity contribution in [3.05, 3.63) is 83.1 Å². The standard InChI is InChI=1S/C26H20N4O4/c1-15(31)20-16(2)34-25(19(20)14-27)28-24-22(26(32)33-3)21(17-10-6-4-7-11-17)23(29-30-24)18-12-8-5-9-13-18/h4-13H,1-3H3,(H,28,30). The highest BCUT2D eigenvalue weighted by Crippen LogP contribution is 2.38. The van der Waals surface area contributed by atoms with Crippen LogP contribution in [0, 0.1) is 18.3 Å². The second kappa shape index (κ2) is 9.38. The molecule has 0 aliphatic heterocycles. The van der Waals surface area contributed by atoms with Gasteiger partial charge in [-0.2, -0.15) is 5.26 Å².